The standard InChI is InChI=1S/C14H29N/c1-4-10-15-14-9-7-6-8-13(11-14)12(3)5-2/h12-15H,4-11H2,1-3H3. The highest BCUT2D eigenvalue weighted by molar-refractivity contribution is 4.78. The molecule has 0 aromatic rings. The van der Waals surface area contributed by atoms with Crippen molar-refractivity contribution in [2.75, 3.05) is 6.54 Å². The second-order valence-corrected chi connectivity index (χ2v) is 5.32. The highest BCUT2D eigenvalue weighted by Gasteiger charge is 2.22. The van der Waals surface area contributed by atoms with Crippen molar-refractivity contribution in [3.63, 3.8) is 0 Å². The summed E-state index contributed by atoms with van der Waals surface area (Å²) in [5.41, 5.74) is 0. The minimum atomic E-state index is 0.812. The van der Waals surface area contributed by atoms with Crippen molar-refractivity contribution in [1.29, 1.82) is 0 Å². The molecule has 1 N–H and O–H groups in total. The fourth-order valence-electron chi connectivity index (χ4n) is 2.78. The van der Waals surface area contributed by atoms with Gasteiger partial charge in [-0.25, -0.2) is 0 Å². The molecule has 1 fully saturated rings. The molecule has 3 atom stereocenters. The monoisotopic (exact) mass is 211 g/mol. The van der Waals surface area contributed by atoms with E-state index in [1.165, 1.54) is 51.5 Å². The van der Waals surface area contributed by atoms with Crippen molar-refractivity contribution in [3.05, 3.63) is 0 Å². The summed E-state index contributed by atoms with van der Waals surface area (Å²) in [7, 11) is 0. The van der Waals surface area contributed by atoms with Crippen LogP contribution in [0.5, 0.6) is 0 Å². The van der Waals surface area contributed by atoms with E-state index >= 15 is 0 Å². The summed E-state index contributed by atoms with van der Waals surface area (Å²) in [5, 5.41) is 3.72. The normalized spacial score (nSPS) is 29.8. The van der Waals surface area contributed by atoms with Gasteiger partial charge in [0.15, 0.2) is 0 Å². The molecule has 1 aliphatic rings. The Balaban J connectivity index is 2.38. The number of hydrogen-bond donors (Lipinski definition) is 1. The van der Waals surface area contributed by atoms with Gasteiger partial charge < -0.3 is 5.32 Å². The lowest BCUT2D eigenvalue weighted by Crippen LogP contribution is -2.31. The zero-order chi connectivity index (χ0) is 11.1. The Hall–Kier alpha value is -0.0400. The molecule has 0 heterocycles. The van der Waals surface area contributed by atoms with E-state index in [1.54, 1.807) is 0 Å². The minimum absolute atomic E-state index is 0.812. The number of rotatable bonds is 5. The first kappa shape index (κ1) is 13.0. The Kier molecular flexibility index (Phi) is 6.31. The topological polar surface area (TPSA) is 12.0 Å². The molecule has 0 aromatic carbocycles. The molecule has 0 amide bonds. The van der Waals surface area contributed by atoms with E-state index in [0.29, 0.717) is 0 Å². The summed E-state index contributed by atoms with van der Waals surface area (Å²) in [4.78, 5) is 0. The Labute approximate surface area is 96.0 Å². The summed E-state index contributed by atoms with van der Waals surface area (Å²) in [6, 6.07) is 0.812. The van der Waals surface area contributed by atoms with E-state index in [9.17, 15) is 0 Å². The van der Waals surface area contributed by atoms with Gasteiger partial charge in [0.1, 0.15) is 0 Å². The zero-order valence-electron chi connectivity index (χ0n) is 10.9. The van der Waals surface area contributed by atoms with Crippen LogP contribution < -0.4 is 5.32 Å². The zero-order valence-corrected chi connectivity index (χ0v) is 10.9. The van der Waals surface area contributed by atoms with E-state index < -0.39 is 0 Å². The molecule has 90 valence electrons. The Morgan fingerprint density at radius 1 is 1.20 bits per heavy atom. The molecule has 0 aliphatic heterocycles. The van der Waals surface area contributed by atoms with Gasteiger partial charge in [-0.2, -0.15) is 0 Å². The van der Waals surface area contributed by atoms with Gasteiger partial charge in [0.05, 0.1) is 0 Å². The van der Waals surface area contributed by atoms with E-state index in [0.717, 1.165) is 17.9 Å². The molecule has 1 nitrogen and oxygen atoms in total. The summed E-state index contributed by atoms with van der Waals surface area (Å²) < 4.78 is 0. The quantitative estimate of drug-likeness (QED) is 0.678. The van der Waals surface area contributed by atoms with Crippen LogP contribution in [0.4, 0.5) is 0 Å². The molecule has 15 heavy (non-hydrogen) atoms. The van der Waals surface area contributed by atoms with Crippen molar-refractivity contribution < 1.29 is 0 Å². The van der Waals surface area contributed by atoms with Crippen molar-refractivity contribution in [2.45, 2.75) is 71.8 Å². The van der Waals surface area contributed by atoms with Crippen LogP contribution in [0.2, 0.25) is 0 Å². The molecule has 0 radical (unpaired) electrons. The Morgan fingerprint density at radius 3 is 2.60 bits per heavy atom. The molecule has 1 saturated carbocycles. The molecule has 0 bridgehead atoms. The van der Waals surface area contributed by atoms with Gasteiger partial charge in [-0.1, -0.05) is 46.5 Å². The summed E-state index contributed by atoms with van der Waals surface area (Å²) in [5.74, 6) is 1.90. The van der Waals surface area contributed by atoms with Gasteiger partial charge in [0.25, 0.3) is 0 Å². The molecule has 0 spiro atoms. The smallest absolute Gasteiger partial charge is 0.00697 e. The molecule has 3 unspecified atom stereocenters. The molecule has 1 heteroatoms. The summed E-state index contributed by atoms with van der Waals surface area (Å²) >= 11 is 0. The van der Waals surface area contributed by atoms with Gasteiger partial charge in [-0.15, -0.1) is 0 Å². The van der Waals surface area contributed by atoms with Crippen LogP contribution >= 0.6 is 0 Å². The highest BCUT2D eigenvalue weighted by atomic mass is 14.9. The van der Waals surface area contributed by atoms with Crippen LogP contribution in [0.3, 0.4) is 0 Å². The second-order valence-electron chi connectivity index (χ2n) is 5.32. The van der Waals surface area contributed by atoms with Crippen molar-refractivity contribution in [1.82, 2.24) is 5.32 Å². The third-order valence-corrected chi connectivity index (χ3v) is 4.10. The van der Waals surface area contributed by atoms with Crippen LogP contribution in [0.15, 0.2) is 0 Å². The summed E-state index contributed by atoms with van der Waals surface area (Å²) in [6.07, 6.45) is 9.82. The van der Waals surface area contributed by atoms with Gasteiger partial charge in [0.2, 0.25) is 0 Å². The van der Waals surface area contributed by atoms with Crippen molar-refractivity contribution in [2.24, 2.45) is 11.8 Å². The van der Waals surface area contributed by atoms with E-state index in [4.69, 9.17) is 0 Å². The van der Waals surface area contributed by atoms with Gasteiger partial charge in [0, 0.05) is 6.04 Å². The SMILES string of the molecule is CCCNC1CCCCC(C(C)CC)C1. The number of nitrogens with one attached hydrogen (secondary N) is 1. The lowest BCUT2D eigenvalue weighted by Gasteiger charge is -2.25. The maximum absolute atomic E-state index is 3.72. The highest BCUT2D eigenvalue weighted by Crippen LogP contribution is 2.30. The van der Waals surface area contributed by atoms with Gasteiger partial charge >= 0.3 is 0 Å². The van der Waals surface area contributed by atoms with Gasteiger partial charge in [-0.05, 0) is 37.6 Å². The van der Waals surface area contributed by atoms with Gasteiger partial charge in [-0.3, -0.25) is 0 Å². The summed E-state index contributed by atoms with van der Waals surface area (Å²) in [6.45, 7) is 8.24. The molecule has 1 aliphatic carbocycles. The van der Waals surface area contributed by atoms with Crippen LogP contribution in [-0.4, -0.2) is 12.6 Å². The molecular formula is C14H29N. The largest absolute Gasteiger partial charge is 0.314 e. The Bertz CT molecular complexity index is 155. The molecule has 0 aromatic heterocycles. The first-order valence-electron chi connectivity index (χ1n) is 7.01. The van der Waals surface area contributed by atoms with E-state index in [-0.39, 0.29) is 0 Å². The fourth-order valence-corrected chi connectivity index (χ4v) is 2.78. The number of hydrogen-bond acceptors (Lipinski definition) is 1. The average Bonchev–Trinajstić information content (AvgIpc) is 2.50. The second kappa shape index (κ2) is 7.27. The molecular weight excluding hydrogens is 182 g/mol. The lowest BCUT2D eigenvalue weighted by atomic mass is 9.85. The van der Waals surface area contributed by atoms with Crippen LogP contribution in [-0.2, 0) is 0 Å². The third-order valence-electron chi connectivity index (χ3n) is 4.10. The maximum Gasteiger partial charge on any atom is 0.00697 e. The first-order valence-corrected chi connectivity index (χ1v) is 7.01. The molecule has 0 saturated heterocycles. The maximum atomic E-state index is 3.72. The Morgan fingerprint density at radius 2 is 1.93 bits per heavy atom. The lowest BCUT2D eigenvalue weighted by molar-refractivity contribution is 0.285. The first-order chi connectivity index (χ1) is 7.27. The molecule has 1 rings (SSSR count). The minimum Gasteiger partial charge on any atom is -0.314 e. The van der Waals surface area contributed by atoms with Crippen molar-refractivity contribution in [3.8, 4) is 0 Å². The van der Waals surface area contributed by atoms with E-state index in [1.807, 2.05) is 0 Å². The predicted octanol–water partition coefficient (Wildman–Crippen LogP) is 3.98. The average molecular weight is 211 g/mol. The predicted molar refractivity (Wildman–Crippen MR) is 68.1 cm³/mol. The van der Waals surface area contributed by atoms with Crippen molar-refractivity contribution >= 4 is 0 Å². The van der Waals surface area contributed by atoms with Crippen LogP contribution in [0.1, 0.15) is 65.7 Å². The van der Waals surface area contributed by atoms with Crippen LogP contribution in [0.25, 0.3) is 0 Å². The van der Waals surface area contributed by atoms with Crippen LogP contribution in [0, 0.1) is 11.8 Å². The van der Waals surface area contributed by atoms with E-state index in [2.05, 4.69) is 26.1 Å². The third kappa shape index (κ3) is 4.55. The fraction of sp³-hybridized carbons (Fsp3) is 1.00.